The molecule has 0 fully saturated rings. The molecule has 0 aliphatic rings. The van der Waals surface area contributed by atoms with Crippen LogP contribution in [0.2, 0.25) is 0 Å². The molecular weight excluding hydrogens is 814 g/mol. The minimum Gasteiger partial charge on any atom is -0.462 e. The number of phosphoric acid groups is 2. The highest BCUT2D eigenvalue weighted by molar-refractivity contribution is 7.47. The van der Waals surface area contributed by atoms with Crippen LogP contribution in [0, 0.1) is 0 Å². The van der Waals surface area contributed by atoms with Gasteiger partial charge in [0.15, 0.2) is 12.2 Å². The summed E-state index contributed by atoms with van der Waals surface area (Å²) < 4.78 is 65.6. The highest BCUT2D eigenvalue weighted by Gasteiger charge is 2.30. The second-order valence-electron chi connectivity index (χ2n) is 14.6. The third-order valence-corrected chi connectivity index (χ3v) is 10.8. The number of phosphoric ester groups is 2. The average molecular weight is 891 g/mol. The first kappa shape index (κ1) is 57.1. The van der Waals surface area contributed by atoms with Gasteiger partial charge >= 0.3 is 39.5 Å². The summed E-state index contributed by atoms with van der Waals surface area (Å²) in [5.74, 6) is -2.29. The summed E-state index contributed by atoms with van der Waals surface area (Å²) in [6.45, 7) is 3.87. The second-order valence-corrected chi connectivity index (χ2v) is 17.5. The summed E-state index contributed by atoms with van der Waals surface area (Å²) in [7, 11) is -9.78. The molecule has 348 valence electrons. The first-order valence-corrected chi connectivity index (χ1v) is 24.8. The number of hydrogen-bond donors (Lipinski definition) is 3. The quantitative estimate of drug-likeness (QED) is 0.0225. The smallest absolute Gasteiger partial charge is 0.462 e. The molecule has 0 aromatic carbocycles. The molecule has 0 radical (unpaired) electrons. The highest BCUT2D eigenvalue weighted by Crippen LogP contribution is 2.45. The zero-order valence-electron chi connectivity index (χ0n) is 36.2. The van der Waals surface area contributed by atoms with Crippen LogP contribution in [0.15, 0.2) is 0 Å². The molecule has 59 heavy (non-hydrogen) atoms. The van der Waals surface area contributed by atoms with Crippen molar-refractivity contribution in [3.05, 3.63) is 0 Å². The molecule has 0 aliphatic carbocycles. The SMILES string of the molecule is CCCCCCCCCCCC(=O)OC[C@H](COP(=O)(O)OC[C@H](O)COP(=O)(O)OC[C@@H](COC(=O)CC)OC(=O)CCCCCCCC)OC(=O)CCCCCC. The van der Waals surface area contributed by atoms with Gasteiger partial charge in [-0.25, -0.2) is 9.13 Å². The lowest BCUT2D eigenvalue weighted by Crippen LogP contribution is -2.30. The predicted molar refractivity (Wildman–Crippen MR) is 220 cm³/mol. The van der Waals surface area contributed by atoms with Gasteiger partial charge in [-0.2, -0.15) is 0 Å². The van der Waals surface area contributed by atoms with Crippen molar-refractivity contribution < 1.29 is 80.2 Å². The Kier molecular flexibility index (Phi) is 35.5. The summed E-state index contributed by atoms with van der Waals surface area (Å²) in [6.07, 6.45) is 14.9. The van der Waals surface area contributed by atoms with E-state index in [1.807, 2.05) is 6.92 Å². The third kappa shape index (κ3) is 36.4. The number of rotatable bonds is 41. The van der Waals surface area contributed by atoms with Gasteiger partial charge in [0.1, 0.15) is 19.3 Å². The van der Waals surface area contributed by atoms with Gasteiger partial charge in [0.2, 0.25) is 0 Å². The first-order valence-electron chi connectivity index (χ1n) is 21.8. The van der Waals surface area contributed by atoms with Gasteiger partial charge in [0.25, 0.3) is 0 Å². The highest BCUT2D eigenvalue weighted by atomic mass is 31.2. The Morgan fingerprint density at radius 2 is 0.729 bits per heavy atom. The van der Waals surface area contributed by atoms with Gasteiger partial charge in [-0.15, -0.1) is 0 Å². The van der Waals surface area contributed by atoms with Crippen molar-refractivity contribution >= 4 is 39.5 Å². The van der Waals surface area contributed by atoms with E-state index >= 15 is 0 Å². The molecule has 19 heteroatoms. The number of carbonyl (C=O) groups excluding carboxylic acids is 4. The molecule has 0 bridgehead atoms. The monoisotopic (exact) mass is 890 g/mol. The van der Waals surface area contributed by atoms with Crippen LogP contribution in [0.4, 0.5) is 0 Å². The molecule has 0 aromatic heterocycles. The molecule has 0 aromatic rings. The molecule has 0 heterocycles. The molecule has 0 aliphatic heterocycles. The van der Waals surface area contributed by atoms with E-state index in [1.165, 1.54) is 32.1 Å². The van der Waals surface area contributed by atoms with Crippen molar-refractivity contribution in [2.24, 2.45) is 0 Å². The first-order chi connectivity index (χ1) is 28.2. The van der Waals surface area contributed by atoms with E-state index in [1.54, 1.807) is 6.92 Å². The van der Waals surface area contributed by atoms with Crippen LogP contribution in [0.25, 0.3) is 0 Å². The van der Waals surface area contributed by atoms with E-state index in [4.69, 9.17) is 37.0 Å². The Morgan fingerprint density at radius 1 is 0.424 bits per heavy atom. The van der Waals surface area contributed by atoms with Gasteiger partial charge in [-0.3, -0.25) is 37.3 Å². The Bertz CT molecular complexity index is 1200. The lowest BCUT2D eigenvalue weighted by molar-refractivity contribution is -0.161. The largest absolute Gasteiger partial charge is 0.472 e. The van der Waals surface area contributed by atoms with Crippen LogP contribution < -0.4 is 0 Å². The molecule has 17 nitrogen and oxygen atoms in total. The maximum absolute atomic E-state index is 12.6. The van der Waals surface area contributed by atoms with E-state index in [0.717, 1.165) is 70.6 Å². The molecule has 2 unspecified atom stereocenters. The molecular formula is C40H76O17P2. The van der Waals surface area contributed by atoms with Crippen molar-refractivity contribution in [2.75, 3.05) is 39.6 Å². The zero-order valence-corrected chi connectivity index (χ0v) is 38.0. The lowest BCUT2D eigenvalue weighted by Gasteiger charge is -2.21. The van der Waals surface area contributed by atoms with Gasteiger partial charge in [-0.1, -0.05) is 130 Å². The molecule has 0 saturated carbocycles. The number of aliphatic hydroxyl groups excluding tert-OH is 1. The standard InChI is InChI=1S/C40H76O17P2/c1-5-9-12-15-17-18-19-21-23-25-38(43)51-31-36(57-39(44)26-22-14-11-7-3)33-55-59(48,49)53-29-34(41)28-52-58(46,47)54-32-35(30-50-37(42)8-4)56-40(45)27-24-20-16-13-10-6-2/h34-36,41H,5-33H2,1-4H3,(H,46,47)(H,48,49)/t34-,35-,36-/m1/s1. The normalized spacial score (nSPS) is 15.0. The summed E-state index contributed by atoms with van der Waals surface area (Å²) >= 11 is 0. The maximum Gasteiger partial charge on any atom is 0.472 e. The molecule has 0 saturated heterocycles. The lowest BCUT2D eigenvalue weighted by atomic mass is 10.1. The van der Waals surface area contributed by atoms with E-state index in [-0.39, 0.29) is 25.7 Å². The number of carbonyl (C=O) groups is 4. The Hall–Kier alpha value is -1.94. The van der Waals surface area contributed by atoms with E-state index in [0.29, 0.717) is 19.3 Å². The summed E-state index contributed by atoms with van der Waals surface area (Å²) in [5, 5.41) is 10.2. The Balaban J connectivity index is 4.95. The van der Waals surface area contributed by atoms with Crippen LogP contribution in [0.3, 0.4) is 0 Å². The summed E-state index contributed by atoms with van der Waals surface area (Å²) in [5.41, 5.74) is 0. The van der Waals surface area contributed by atoms with Crippen LogP contribution in [0.1, 0.15) is 175 Å². The number of hydrogen-bond acceptors (Lipinski definition) is 15. The van der Waals surface area contributed by atoms with Gasteiger partial charge in [-0.05, 0) is 19.3 Å². The zero-order chi connectivity index (χ0) is 44.2. The maximum atomic E-state index is 12.6. The molecule has 3 N–H and O–H groups in total. The van der Waals surface area contributed by atoms with E-state index in [2.05, 4.69) is 13.8 Å². The van der Waals surface area contributed by atoms with Crippen LogP contribution >= 0.6 is 15.6 Å². The predicted octanol–water partition coefficient (Wildman–Crippen LogP) is 8.58. The van der Waals surface area contributed by atoms with Gasteiger partial charge in [0, 0.05) is 25.7 Å². The van der Waals surface area contributed by atoms with Crippen molar-refractivity contribution in [3.63, 3.8) is 0 Å². The number of ether oxygens (including phenoxy) is 4. The van der Waals surface area contributed by atoms with Crippen molar-refractivity contribution in [1.29, 1.82) is 0 Å². The minimum atomic E-state index is -4.90. The summed E-state index contributed by atoms with van der Waals surface area (Å²) in [4.78, 5) is 69.3. The third-order valence-electron chi connectivity index (χ3n) is 8.91. The molecule has 0 amide bonds. The molecule has 0 spiro atoms. The molecule has 5 atom stereocenters. The van der Waals surface area contributed by atoms with Crippen LogP contribution in [-0.4, -0.2) is 96.7 Å². The number of unbranched alkanes of at least 4 members (excludes halogenated alkanes) is 16. The van der Waals surface area contributed by atoms with E-state index < -0.39 is 97.5 Å². The van der Waals surface area contributed by atoms with Crippen molar-refractivity contribution in [3.8, 4) is 0 Å². The number of aliphatic hydroxyl groups is 1. The fourth-order valence-corrected chi connectivity index (χ4v) is 7.01. The second kappa shape index (κ2) is 36.7. The Labute approximate surface area is 352 Å². The number of esters is 4. The van der Waals surface area contributed by atoms with Crippen molar-refractivity contribution in [1.82, 2.24) is 0 Å². The summed E-state index contributed by atoms with van der Waals surface area (Å²) in [6, 6.07) is 0. The fraction of sp³-hybridized carbons (Fsp3) is 0.900. The fourth-order valence-electron chi connectivity index (χ4n) is 5.43. The Morgan fingerprint density at radius 3 is 1.10 bits per heavy atom. The van der Waals surface area contributed by atoms with Crippen LogP contribution in [0.5, 0.6) is 0 Å². The van der Waals surface area contributed by atoms with Gasteiger partial charge in [0.05, 0.1) is 26.4 Å². The van der Waals surface area contributed by atoms with E-state index in [9.17, 15) is 43.2 Å². The van der Waals surface area contributed by atoms with Gasteiger partial charge < -0.3 is 33.8 Å². The topological polar surface area (TPSA) is 237 Å². The van der Waals surface area contributed by atoms with Crippen LogP contribution in [-0.2, 0) is 65.4 Å². The molecule has 0 rings (SSSR count). The minimum absolute atomic E-state index is 0.0504. The van der Waals surface area contributed by atoms with Crippen molar-refractivity contribution in [2.45, 2.75) is 194 Å². The average Bonchev–Trinajstić information content (AvgIpc) is 3.20.